The minimum absolute atomic E-state index is 0.0140. The van der Waals surface area contributed by atoms with Gasteiger partial charge in [0.2, 0.25) is 5.91 Å². The van der Waals surface area contributed by atoms with E-state index in [1.54, 1.807) is 0 Å². The molecule has 6 rings (SSSR count). The summed E-state index contributed by atoms with van der Waals surface area (Å²) >= 11 is 0. The molecule has 1 saturated heterocycles. The van der Waals surface area contributed by atoms with Crippen LogP contribution in [0, 0.1) is 5.92 Å². The summed E-state index contributed by atoms with van der Waals surface area (Å²) in [6.07, 6.45) is 1.69. The maximum Gasteiger partial charge on any atom is 0.227 e. The topological polar surface area (TPSA) is 58.1 Å². The van der Waals surface area contributed by atoms with E-state index in [4.69, 9.17) is 4.98 Å². The van der Waals surface area contributed by atoms with Gasteiger partial charge in [0, 0.05) is 30.4 Å². The monoisotopic (exact) mass is 432 g/mol. The number of fused-ring (bicyclic) bond motifs is 3. The van der Waals surface area contributed by atoms with E-state index < -0.39 is 0 Å². The van der Waals surface area contributed by atoms with Crippen LogP contribution >= 0.6 is 0 Å². The molecule has 5 aromatic rings. The molecule has 0 radical (unpaired) electrons. The van der Waals surface area contributed by atoms with Gasteiger partial charge in [0.1, 0.15) is 0 Å². The molecule has 0 spiro atoms. The van der Waals surface area contributed by atoms with Crippen molar-refractivity contribution >= 4 is 50.1 Å². The predicted octanol–water partition coefficient (Wildman–Crippen LogP) is 5.79. The summed E-state index contributed by atoms with van der Waals surface area (Å²) in [6.45, 7) is 1.76. The van der Waals surface area contributed by atoms with Gasteiger partial charge < -0.3 is 10.2 Å². The second kappa shape index (κ2) is 8.17. The second-order valence-electron chi connectivity index (χ2n) is 8.70. The summed E-state index contributed by atoms with van der Waals surface area (Å²) < 4.78 is 0. The van der Waals surface area contributed by atoms with Gasteiger partial charge in [-0.3, -0.25) is 4.79 Å². The van der Waals surface area contributed by atoms with Gasteiger partial charge in [0.15, 0.2) is 0 Å². The Hall–Kier alpha value is -3.99. The fraction of sp³-hybridized carbons (Fsp3) is 0.179. The number of carbonyl (C=O) groups excluding carboxylic acids is 1. The van der Waals surface area contributed by atoms with Crippen molar-refractivity contribution in [2.45, 2.75) is 12.8 Å². The quantitative estimate of drug-likeness (QED) is 0.367. The maximum atomic E-state index is 13.0. The van der Waals surface area contributed by atoms with E-state index in [2.05, 4.69) is 57.7 Å². The number of anilines is 2. The Bertz CT molecular complexity index is 1490. The van der Waals surface area contributed by atoms with Gasteiger partial charge in [-0.2, -0.15) is 0 Å². The van der Waals surface area contributed by atoms with Crippen molar-refractivity contribution in [1.82, 2.24) is 9.97 Å². The van der Waals surface area contributed by atoms with Gasteiger partial charge >= 0.3 is 0 Å². The smallest absolute Gasteiger partial charge is 0.227 e. The molecule has 1 aliphatic rings. The molecule has 1 fully saturated rings. The lowest BCUT2D eigenvalue weighted by molar-refractivity contribution is -0.120. The molecule has 1 N–H and O–H groups in total. The zero-order valence-electron chi connectivity index (χ0n) is 18.2. The first kappa shape index (κ1) is 19.7. The highest BCUT2D eigenvalue weighted by molar-refractivity contribution is 5.95. The number of nitrogens with zero attached hydrogens (tertiary/aromatic N) is 3. The average Bonchev–Trinajstić information content (AvgIpc) is 2.87. The molecule has 162 valence electrons. The molecule has 2 heterocycles. The van der Waals surface area contributed by atoms with Crippen molar-refractivity contribution in [2.24, 2.45) is 5.92 Å². The van der Waals surface area contributed by atoms with Crippen LogP contribution in [0.2, 0.25) is 0 Å². The third kappa shape index (κ3) is 3.87. The van der Waals surface area contributed by atoms with Crippen molar-refractivity contribution in [1.29, 1.82) is 0 Å². The fourth-order valence-electron chi connectivity index (χ4n) is 4.72. The highest BCUT2D eigenvalue weighted by Crippen LogP contribution is 2.28. The molecule has 0 aliphatic carbocycles. The van der Waals surface area contributed by atoms with Crippen LogP contribution in [0.15, 0.2) is 84.9 Å². The van der Waals surface area contributed by atoms with E-state index >= 15 is 0 Å². The van der Waals surface area contributed by atoms with Gasteiger partial charge in [-0.25, -0.2) is 9.97 Å². The highest BCUT2D eigenvalue weighted by atomic mass is 16.1. The molecule has 4 aromatic carbocycles. The Morgan fingerprint density at radius 1 is 0.727 bits per heavy atom. The summed E-state index contributed by atoms with van der Waals surface area (Å²) in [4.78, 5) is 24.7. The van der Waals surface area contributed by atoms with E-state index in [0.717, 1.165) is 53.7 Å². The minimum atomic E-state index is 0.0140. The first-order valence-corrected chi connectivity index (χ1v) is 11.4. The van der Waals surface area contributed by atoms with Crippen molar-refractivity contribution in [3.8, 4) is 0 Å². The van der Waals surface area contributed by atoms with Crippen molar-refractivity contribution in [3.63, 3.8) is 0 Å². The zero-order chi connectivity index (χ0) is 22.2. The lowest BCUT2D eigenvalue weighted by Crippen LogP contribution is -2.38. The summed E-state index contributed by atoms with van der Waals surface area (Å²) in [5.41, 5.74) is 5.35. The molecule has 1 aromatic heterocycles. The molecule has 0 saturated carbocycles. The second-order valence-corrected chi connectivity index (χ2v) is 8.70. The Labute approximate surface area is 192 Å². The summed E-state index contributed by atoms with van der Waals surface area (Å²) in [6, 6.07) is 28.6. The third-order valence-electron chi connectivity index (χ3n) is 6.57. The molecule has 5 heteroatoms. The van der Waals surface area contributed by atoms with E-state index in [1.165, 1.54) is 16.5 Å². The molecular weight excluding hydrogens is 408 g/mol. The minimum Gasteiger partial charge on any atom is -0.371 e. The molecule has 0 atom stereocenters. The number of benzene rings is 4. The van der Waals surface area contributed by atoms with Crippen LogP contribution < -0.4 is 10.2 Å². The van der Waals surface area contributed by atoms with Gasteiger partial charge in [0.25, 0.3) is 0 Å². The fourth-order valence-corrected chi connectivity index (χ4v) is 4.72. The molecule has 33 heavy (non-hydrogen) atoms. The van der Waals surface area contributed by atoms with Crippen molar-refractivity contribution < 1.29 is 4.79 Å². The Morgan fingerprint density at radius 2 is 1.39 bits per heavy atom. The van der Waals surface area contributed by atoms with Crippen LogP contribution in [0.1, 0.15) is 12.8 Å². The zero-order valence-corrected chi connectivity index (χ0v) is 18.2. The standard InChI is InChI=1S/C28H24N4O/c33-28(29-22-10-12-26-27(18-22)31-25-8-4-3-7-24(25)30-26)20-13-15-32(16-14-20)23-11-9-19-5-1-2-6-21(19)17-23/h1-12,17-18,20H,13-16H2,(H,29,33). The van der Waals surface area contributed by atoms with Crippen molar-refractivity contribution in [3.05, 3.63) is 84.9 Å². The Kier molecular flexibility index (Phi) is 4.87. The molecule has 0 unspecified atom stereocenters. The van der Waals surface area contributed by atoms with Crippen LogP contribution in [-0.2, 0) is 4.79 Å². The van der Waals surface area contributed by atoms with Crippen LogP contribution in [0.25, 0.3) is 32.8 Å². The van der Waals surface area contributed by atoms with Gasteiger partial charge in [-0.1, -0.05) is 42.5 Å². The van der Waals surface area contributed by atoms with Crippen molar-refractivity contribution in [2.75, 3.05) is 23.3 Å². The summed E-state index contributed by atoms with van der Waals surface area (Å²) in [5.74, 6) is 0.0985. The average molecular weight is 433 g/mol. The first-order valence-electron chi connectivity index (χ1n) is 11.4. The lowest BCUT2D eigenvalue weighted by Gasteiger charge is -2.33. The molecule has 1 amide bonds. The van der Waals surface area contributed by atoms with Crippen LogP contribution in [0.3, 0.4) is 0 Å². The number of aromatic nitrogens is 2. The van der Waals surface area contributed by atoms with E-state index in [1.807, 2.05) is 42.5 Å². The molecule has 1 aliphatic heterocycles. The maximum absolute atomic E-state index is 13.0. The number of nitrogens with one attached hydrogen (secondary N) is 1. The summed E-state index contributed by atoms with van der Waals surface area (Å²) in [5, 5.41) is 5.61. The Morgan fingerprint density at radius 3 is 2.18 bits per heavy atom. The number of carbonyl (C=O) groups is 1. The van der Waals surface area contributed by atoms with E-state index in [-0.39, 0.29) is 11.8 Å². The van der Waals surface area contributed by atoms with E-state index in [9.17, 15) is 4.79 Å². The molecular formula is C28H24N4O. The number of para-hydroxylation sites is 2. The third-order valence-corrected chi connectivity index (χ3v) is 6.57. The SMILES string of the molecule is O=C(Nc1ccc2nc3ccccc3nc2c1)C1CCN(c2ccc3ccccc3c2)CC1. The van der Waals surface area contributed by atoms with Crippen LogP contribution in [-0.4, -0.2) is 29.0 Å². The summed E-state index contributed by atoms with van der Waals surface area (Å²) in [7, 11) is 0. The largest absolute Gasteiger partial charge is 0.371 e. The number of rotatable bonds is 3. The number of amides is 1. The van der Waals surface area contributed by atoms with Crippen LogP contribution in [0.4, 0.5) is 11.4 Å². The lowest BCUT2D eigenvalue weighted by atomic mass is 9.95. The number of hydrogen-bond donors (Lipinski definition) is 1. The van der Waals surface area contributed by atoms with Crippen LogP contribution in [0.5, 0.6) is 0 Å². The first-order chi connectivity index (χ1) is 16.2. The Balaban J connectivity index is 1.14. The number of piperidine rings is 1. The molecule has 5 nitrogen and oxygen atoms in total. The molecule has 0 bridgehead atoms. The van der Waals surface area contributed by atoms with Gasteiger partial charge in [-0.15, -0.1) is 0 Å². The van der Waals surface area contributed by atoms with Gasteiger partial charge in [-0.05, 0) is 66.1 Å². The number of hydrogen-bond acceptors (Lipinski definition) is 4. The normalized spacial score (nSPS) is 14.7. The predicted molar refractivity (Wildman–Crippen MR) is 135 cm³/mol. The highest BCUT2D eigenvalue weighted by Gasteiger charge is 2.25. The van der Waals surface area contributed by atoms with Gasteiger partial charge in [0.05, 0.1) is 22.1 Å². The van der Waals surface area contributed by atoms with E-state index in [0.29, 0.717) is 0 Å².